The number of terminal acetylenes is 2. The predicted octanol–water partition coefficient (Wildman–Crippen LogP) is 1.64. The molecule has 0 heterocycles. The van der Waals surface area contributed by atoms with Crippen LogP contribution in [0.15, 0.2) is 24.3 Å². The number of halogens is 1. The van der Waals surface area contributed by atoms with Crippen molar-refractivity contribution >= 4 is 11.6 Å². The van der Waals surface area contributed by atoms with E-state index in [4.69, 9.17) is 23.8 Å². The number of benzene rings is 1. The van der Waals surface area contributed by atoms with Crippen LogP contribution in [0.3, 0.4) is 0 Å². The number of rotatable bonds is 3. The van der Waals surface area contributed by atoms with E-state index in [0.29, 0.717) is 13.1 Å². The van der Waals surface area contributed by atoms with Crippen LogP contribution in [0.25, 0.3) is 0 Å². The Morgan fingerprint density at radius 1 is 1.19 bits per heavy atom. The number of nitrogens with two attached hydrogens (primary N) is 1. The Bertz CT molecular complexity index is 357. The molecule has 0 amide bonds. The number of nitrogens with one attached hydrogen (secondary N) is 1. The van der Waals surface area contributed by atoms with Crippen LogP contribution in [0.4, 0.5) is 0 Å². The van der Waals surface area contributed by atoms with E-state index in [1.165, 1.54) is 5.56 Å². The van der Waals surface area contributed by atoms with Crippen molar-refractivity contribution in [2.24, 2.45) is 5.73 Å². The maximum atomic E-state index is 5.72. The third-order valence-electron chi connectivity index (χ3n) is 1.59. The van der Waals surface area contributed by atoms with Gasteiger partial charge in [-0.1, -0.05) is 35.6 Å². The smallest absolute Gasteiger partial charge is 0.0576 e. The van der Waals surface area contributed by atoms with Gasteiger partial charge in [-0.25, -0.2) is 0 Å². The Morgan fingerprint density at radius 3 is 2.19 bits per heavy atom. The highest BCUT2D eigenvalue weighted by atomic mass is 35.5. The van der Waals surface area contributed by atoms with Crippen molar-refractivity contribution in [1.82, 2.24) is 5.32 Å². The summed E-state index contributed by atoms with van der Waals surface area (Å²) in [7, 11) is 0. The lowest BCUT2D eigenvalue weighted by Gasteiger charge is -2.00. The zero-order valence-corrected chi connectivity index (χ0v) is 9.80. The van der Waals surface area contributed by atoms with E-state index in [1.54, 1.807) is 0 Å². The molecule has 0 aromatic heterocycles. The predicted molar refractivity (Wildman–Crippen MR) is 69.9 cm³/mol. The largest absolute Gasteiger partial charge is 0.320 e. The van der Waals surface area contributed by atoms with E-state index in [1.807, 2.05) is 24.3 Å². The lowest BCUT2D eigenvalue weighted by atomic mass is 10.2. The summed E-state index contributed by atoms with van der Waals surface area (Å²) in [6, 6.07) is 7.70. The average Bonchev–Trinajstić information content (AvgIpc) is 2.32. The standard InChI is InChI=1S/C10H10ClN.C3H5N/c1-2-7-12-8-9-3-5-10(11)6-4-9;1-2-3-4/h1,3-6,12H,7-8H2;1H,3-4H2. The minimum Gasteiger partial charge on any atom is -0.320 e. The minimum atomic E-state index is 0.347. The van der Waals surface area contributed by atoms with Gasteiger partial charge in [-0.15, -0.1) is 12.8 Å². The molecule has 0 aliphatic heterocycles. The normalized spacial score (nSPS) is 8.25. The van der Waals surface area contributed by atoms with Crippen LogP contribution in [-0.4, -0.2) is 13.1 Å². The second-order valence-electron chi connectivity index (χ2n) is 2.84. The monoisotopic (exact) mass is 234 g/mol. The highest BCUT2D eigenvalue weighted by Gasteiger charge is 1.90. The summed E-state index contributed by atoms with van der Waals surface area (Å²) < 4.78 is 0. The fourth-order valence-corrected chi connectivity index (χ4v) is 1.01. The first kappa shape index (κ1) is 14.6. The van der Waals surface area contributed by atoms with Crippen LogP contribution in [0, 0.1) is 24.7 Å². The van der Waals surface area contributed by atoms with Gasteiger partial charge in [0.15, 0.2) is 0 Å². The highest BCUT2D eigenvalue weighted by molar-refractivity contribution is 6.30. The fraction of sp³-hybridized carbons (Fsp3) is 0.231. The summed E-state index contributed by atoms with van der Waals surface area (Å²) in [4.78, 5) is 0. The maximum Gasteiger partial charge on any atom is 0.0576 e. The molecule has 1 aromatic rings. The lowest BCUT2D eigenvalue weighted by molar-refractivity contribution is 0.770. The Morgan fingerprint density at radius 2 is 1.75 bits per heavy atom. The molecule has 3 heteroatoms. The van der Waals surface area contributed by atoms with Crippen molar-refractivity contribution in [3.8, 4) is 24.7 Å². The van der Waals surface area contributed by atoms with Gasteiger partial charge in [0, 0.05) is 11.6 Å². The minimum absolute atomic E-state index is 0.347. The van der Waals surface area contributed by atoms with Crippen LogP contribution < -0.4 is 11.1 Å². The van der Waals surface area contributed by atoms with Gasteiger partial charge in [-0.05, 0) is 17.7 Å². The van der Waals surface area contributed by atoms with Gasteiger partial charge < -0.3 is 11.1 Å². The second kappa shape index (κ2) is 10.1. The molecule has 0 atom stereocenters. The molecule has 0 spiro atoms. The molecular weight excluding hydrogens is 220 g/mol. The van der Waals surface area contributed by atoms with Crippen LogP contribution in [0.1, 0.15) is 5.56 Å². The van der Waals surface area contributed by atoms with Gasteiger partial charge in [0.05, 0.1) is 13.1 Å². The number of hydrogen-bond donors (Lipinski definition) is 2. The topological polar surface area (TPSA) is 38.0 Å². The van der Waals surface area contributed by atoms with Gasteiger partial charge in [-0.2, -0.15) is 0 Å². The van der Waals surface area contributed by atoms with Crippen molar-refractivity contribution in [3.63, 3.8) is 0 Å². The summed E-state index contributed by atoms with van der Waals surface area (Å²) in [6.07, 6.45) is 9.74. The average molecular weight is 235 g/mol. The molecule has 0 aliphatic carbocycles. The van der Waals surface area contributed by atoms with Crippen molar-refractivity contribution in [1.29, 1.82) is 0 Å². The second-order valence-corrected chi connectivity index (χ2v) is 3.28. The molecule has 84 valence electrons. The Balaban J connectivity index is 0.000000487. The summed E-state index contributed by atoms with van der Waals surface area (Å²) in [5.41, 5.74) is 5.98. The van der Waals surface area contributed by atoms with Crippen molar-refractivity contribution < 1.29 is 0 Å². The van der Waals surface area contributed by atoms with Gasteiger partial charge in [0.25, 0.3) is 0 Å². The Hall–Kier alpha value is -1.45. The lowest BCUT2D eigenvalue weighted by Crippen LogP contribution is -2.12. The molecule has 0 fully saturated rings. The first-order chi connectivity index (χ1) is 7.74. The van der Waals surface area contributed by atoms with Crippen molar-refractivity contribution in [2.45, 2.75) is 6.54 Å². The van der Waals surface area contributed by atoms with Gasteiger partial charge in [0.2, 0.25) is 0 Å². The molecular formula is C13H15ClN2. The fourth-order valence-electron chi connectivity index (χ4n) is 0.881. The molecule has 0 bridgehead atoms. The molecule has 0 aliphatic rings. The molecule has 0 unspecified atom stereocenters. The van der Waals surface area contributed by atoms with Crippen molar-refractivity contribution in [3.05, 3.63) is 34.9 Å². The summed E-state index contributed by atoms with van der Waals surface area (Å²) in [5, 5.41) is 3.85. The molecule has 1 aromatic carbocycles. The molecule has 2 nitrogen and oxygen atoms in total. The van der Waals surface area contributed by atoms with Gasteiger partial charge in [-0.3, -0.25) is 0 Å². The summed E-state index contributed by atoms with van der Waals surface area (Å²) in [6.45, 7) is 1.74. The van der Waals surface area contributed by atoms with Crippen LogP contribution in [0.2, 0.25) is 5.02 Å². The Kier molecular flexibility index (Phi) is 9.17. The summed E-state index contributed by atoms with van der Waals surface area (Å²) in [5.74, 6) is 4.72. The van der Waals surface area contributed by atoms with E-state index in [0.717, 1.165) is 11.6 Å². The SMILES string of the molecule is C#CCN.C#CCNCc1ccc(Cl)cc1. The van der Waals surface area contributed by atoms with E-state index >= 15 is 0 Å². The molecule has 0 saturated heterocycles. The molecule has 1 rings (SSSR count). The van der Waals surface area contributed by atoms with E-state index in [-0.39, 0.29) is 0 Å². The molecule has 0 radical (unpaired) electrons. The van der Waals surface area contributed by atoms with E-state index in [2.05, 4.69) is 23.6 Å². The highest BCUT2D eigenvalue weighted by Crippen LogP contribution is 2.08. The molecule has 16 heavy (non-hydrogen) atoms. The first-order valence-corrected chi connectivity index (χ1v) is 5.14. The van der Waals surface area contributed by atoms with Crippen molar-refractivity contribution in [2.75, 3.05) is 13.1 Å². The third kappa shape index (κ3) is 7.91. The zero-order chi connectivity index (χ0) is 12.2. The Labute approximate surface area is 102 Å². The van der Waals surface area contributed by atoms with Crippen LogP contribution in [0.5, 0.6) is 0 Å². The van der Waals surface area contributed by atoms with Crippen LogP contribution in [-0.2, 0) is 6.54 Å². The van der Waals surface area contributed by atoms with Gasteiger partial charge in [0.1, 0.15) is 0 Å². The summed E-state index contributed by atoms with van der Waals surface area (Å²) >= 11 is 5.72. The third-order valence-corrected chi connectivity index (χ3v) is 1.84. The van der Waals surface area contributed by atoms with Gasteiger partial charge >= 0.3 is 0 Å². The maximum absolute atomic E-state index is 5.72. The number of hydrogen-bond acceptors (Lipinski definition) is 2. The van der Waals surface area contributed by atoms with Crippen LogP contribution >= 0.6 is 11.6 Å². The molecule has 0 saturated carbocycles. The van der Waals surface area contributed by atoms with E-state index in [9.17, 15) is 0 Å². The molecule has 3 N–H and O–H groups in total. The van der Waals surface area contributed by atoms with E-state index < -0.39 is 0 Å². The first-order valence-electron chi connectivity index (χ1n) is 4.76. The zero-order valence-electron chi connectivity index (χ0n) is 9.04. The quantitative estimate of drug-likeness (QED) is 0.617.